The van der Waals surface area contributed by atoms with E-state index >= 15 is 0 Å². The van der Waals surface area contributed by atoms with Gasteiger partial charge in [0.1, 0.15) is 0 Å². The fraction of sp³-hybridized carbons (Fsp3) is 0.462. The van der Waals surface area contributed by atoms with Crippen molar-refractivity contribution >= 4 is 11.4 Å². The van der Waals surface area contributed by atoms with Crippen molar-refractivity contribution in [3.63, 3.8) is 0 Å². The van der Waals surface area contributed by atoms with E-state index in [1.165, 1.54) is 18.5 Å². The molecule has 15 heavy (non-hydrogen) atoms. The third kappa shape index (κ3) is 2.44. The first kappa shape index (κ1) is 10.3. The normalized spacial score (nSPS) is 18.1. The van der Waals surface area contributed by atoms with Crippen LogP contribution in [0.3, 0.4) is 0 Å². The van der Waals surface area contributed by atoms with E-state index in [1.807, 2.05) is 12.1 Å². The highest BCUT2D eigenvalue weighted by atomic mass is 15.1. The SMILES string of the molecule is [CH2]CC1CCN(c2ccc(N)cc2)CC1. The maximum atomic E-state index is 5.67. The highest BCUT2D eigenvalue weighted by Gasteiger charge is 2.17. The van der Waals surface area contributed by atoms with Crippen LogP contribution in [0.1, 0.15) is 19.3 Å². The molecule has 0 aliphatic carbocycles. The molecule has 0 atom stereocenters. The van der Waals surface area contributed by atoms with E-state index in [9.17, 15) is 0 Å². The van der Waals surface area contributed by atoms with Crippen LogP contribution >= 0.6 is 0 Å². The number of nitrogen functional groups attached to an aromatic ring is 1. The van der Waals surface area contributed by atoms with E-state index in [2.05, 4.69) is 24.0 Å². The lowest BCUT2D eigenvalue weighted by Gasteiger charge is -2.33. The molecule has 0 unspecified atom stereocenters. The molecule has 0 amide bonds. The fourth-order valence-corrected chi connectivity index (χ4v) is 2.16. The average Bonchev–Trinajstić information content (AvgIpc) is 2.30. The van der Waals surface area contributed by atoms with Gasteiger partial charge in [0.05, 0.1) is 0 Å². The van der Waals surface area contributed by atoms with Gasteiger partial charge >= 0.3 is 0 Å². The molecular weight excluding hydrogens is 184 g/mol. The minimum absolute atomic E-state index is 0.829. The van der Waals surface area contributed by atoms with Gasteiger partial charge in [0.2, 0.25) is 0 Å². The molecule has 2 N–H and O–H groups in total. The van der Waals surface area contributed by atoms with Crippen molar-refractivity contribution in [3.05, 3.63) is 31.2 Å². The van der Waals surface area contributed by atoms with Crippen LogP contribution in [0.2, 0.25) is 0 Å². The van der Waals surface area contributed by atoms with Crippen LogP contribution in [0.5, 0.6) is 0 Å². The minimum atomic E-state index is 0.829. The number of nitrogens with two attached hydrogens (primary N) is 1. The molecule has 0 aromatic heterocycles. The smallest absolute Gasteiger partial charge is 0.0367 e. The lowest BCUT2D eigenvalue weighted by atomic mass is 9.94. The van der Waals surface area contributed by atoms with Gasteiger partial charge in [0, 0.05) is 24.5 Å². The number of piperidine rings is 1. The van der Waals surface area contributed by atoms with Crippen LogP contribution < -0.4 is 10.6 Å². The van der Waals surface area contributed by atoms with Crippen LogP contribution in [0.15, 0.2) is 24.3 Å². The van der Waals surface area contributed by atoms with E-state index < -0.39 is 0 Å². The quantitative estimate of drug-likeness (QED) is 0.749. The van der Waals surface area contributed by atoms with E-state index in [0.717, 1.165) is 31.1 Å². The Hall–Kier alpha value is -1.18. The first-order chi connectivity index (χ1) is 7.29. The van der Waals surface area contributed by atoms with Gasteiger partial charge in [-0.2, -0.15) is 0 Å². The summed E-state index contributed by atoms with van der Waals surface area (Å²) in [6.45, 7) is 6.30. The lowest BCUT2D eigenvalue weighted by Crippen LogP contribution is -2.33. The summed E-state index contributed by atoms with van der Waals surface area (Å²) in [6, 6.07) is 8.17. The second-order valence-electron chi connectivity index (χ2n) is 4.31. The fourth-order valence-electron chi connectivity index (χ4n) is 2.16. The number of hydrogen-bond donors (Lipinski definition) is 1. The van der Waals surface area contributed by atoms with Crippen molar-refractivity contribution in [2.75, 3.05) is 23.7 Å². The third-order valence-electron chi connectivity index (χ3n) is 3.28. The van der Waals surface area contributed by atoms with Crippen molar-refractivity contribution in [2.24, 2.45) is 5.92 Å². The second kappa shape index (κ2) is 4.56. The molecule has 0 spiro atoms. The summed E-state index contributed by atoms with van der Waals surface area (Å²) in [6.07, 6.45) is 3.62. The molecule has 0 bridgehead atoms. The Bertz CT molecular complexity index is 297. The molecule has 1 fully saturated rings. The molecule has 1 heterocycles. The first-order valence-electron chi connectivity index (χ1n) is 5.69. The maximum Gasteiger partial charge on any atom is 0.0367 e. The Morgan fingerprint density at radius 3 is 2.33 bits per heavy atom. The van der Waals surface area contributed by atoms with Gasteiger partial charge in [0.15, 0.2) is 0 Å². The summed E-state index contributed by atoms with van der Waals surface area (Å²) in [5.41, 5.74) is 7.81. The zero-order valence-electron chi connectivity index (χ0n) is 9.15. The maximum absolute atomic E-state index is 5.67. The number of nitrogens with zero attached hydrogens (tertiary/aromatic N) is 1. The van der Waals surface area contributed by atoms with Gasteiger partial charge in [0.25, 0.3) is 0 Å². The third-order valence-corrected chi connectivity index (χ3v) is 3.28. The van der Waals surface area contributed by atoms with Crippen molar-refractivity contribution < 1.29 is 0 Å². The van der Waals surface area contributed by atoms with E-state index in [0.29, 0.717) is 0 Å². The van der Waals surface area contributed by atoms with Crippen molar-refractivity contribution in [2.45, 2.75) is 19.3 Å². The van der Waals surface area contributed by atoms with Gasteiger partial charge in [-0.1, -0.05) is 13.3 Å². The van der Waals surface area contributed by atoms with Crippen LogP contribution in [0, 0.1) is 12.8 Å². The predicted octanol–water partition coefficient (Wildman–Crippen LogP) is 2.71. The lowest BCUT2D eigenvalue weighted by molar-refractivity contribution is 0.408. The Morgan fingerprint density at radius 1 is 1.20 bits per heavy atom. The van der Waals surface area contributed by atoms with Gasteiger partial charge in [-0.25, -0.2) is 0 Å². The molecular formula is C13H19N2. The van der Waals surface area contributed by atoms with Gasteiger partial charge in [-0.3, -0.25) is 0 Å². The topological polar surface area (TPSA) is 29.3 Å². The number of anilines is 2. The molecule has 1 saturated heterocycles. The highest BCUT2D eigenvalue weighted by Crippen LogP contribution is 2.25. The molecule has 1 aliphatic rings. The molecule has 81 valence electrons. The van der Waals surface area contributed by atoms with E-state index in [-0.39, 0.29) is 0 Å². The molecule has 2 rings (SSSR count). The molecule has 1 aromatic rings. The van der Waals surface area contributed by atoms with E-state index in [1.54, 1.807) is 0 Å². The summed E-state index contributed by atoms with van der Waals surface area (Å²) in [4.78, 5) is 2.44. The Morgan fingerprint density at radius 2 is 1.80 bits per heavy atom. The molecule has 1 aliphatic heterocycles. The minimum Gasteiger partial charge on any atom is -0.399 e. The van der Waals surface area contributed by atoms with Crippen molar-refractivity contribution in [3.8, 4) is 0 Å². The summed E-state index contributed by atoms with van der Waals surface area (Å²) < 4.78 is 0. The Kier molecular flexibility index (Phi) is 3.14. The van der Waals surface area contributed by atoms with Crippen LogP contribution in [-0.4, -0.2) is 13.1 Å². The number of benzene rings is 1. The number of hydrogen-bond acceptors (Lipinski definition) is 2. The van der Waals surface area contributed by atoms with Gasteiger partial charge in [-0.05, 0) is 43.0 Å². The van der Waals surface area contributed by atoms with Crippen molar-refractivity contribution in [1.29, 1.82) is 0 Å². The summed E-state index contributed by atoms with van der Waals surface area (Å²) in [7, 11) is 0. The summed E-state index contributed by atoms with van der Waals surface area (Å²) in [5, 5.41) is 0. The highest BCUT2D eigenvalue weighted by molar-refractivity contribution is 5.53. The van der Waals surface area contributed by atoms with E-state index in [4.69, 9.17) is 5.73 Å². The van der Waals surface area contributed by atoms with Crippen LogP contribution in [0.25, 0.3) is 0 Å². The van der Waals surface area contributed by atoms with Crippen LogP contribution in [-0.2, 0) is 0 Å². The number of rotatable bonds is 2. The summed E-state index contributed by atoms with van der Waals surface area (Å²) >= 11 is 0. The summed E-state index contributed by atoms with van der Waals surface area (Å²) in [5.74, 6) is 0.829. The molecule has 0 saturated carbocycles. The average molecular weight is 203 g/mol. The van der Waals surface area contributed by atoms with Gasteiger partial charge in [-0.15, -0.1) is 0 Å². The van der Waals surface area contributed by atoms with Crippen LogP contribution in [0.4, 0.5) is 11.4 Å². The first-order valence-corrected chi connectivity index (χ1v) is 5.69. The largest absolute Gasteiger partial charge is 0.399 e. The zero-order valence-corrected chi connectivity index (χ0v) is 9.15. The molecule has 2 heteroatoms. The second-order valence-corrected chi connectivity index (χ2v) is 4.31. The Labute approximate surface area is 92.1 Å². The molecule has 2 nitrogen and oxygen atoms in total. The zero-order chi connectivity index (χ0) is 10.7. The monoisotopic (exact) mass is 203 g/mol. The van der Waals surface area contributed by atoms with Gasteiger partial charge < -0.3 is 10.6 Å². The predicted molar refractivity (Wildman–Crippen MR) is 65.8 cm³/mol. The molecule has 1 aromatic carbocycles. The molecule has 1 radical (unpaired) electrons. The Balaban J connectivity index is 1.98. The standard InChI is InChI=1S/C13H19N2/c1-2-11-7-9-15(10-8-11)13-5-3-12(14)4-6-13/h3-6,11H,1-2,7-10,14H2. The van der Waals surface area contributed by atoms with Crippen molar-refractivity contribution in [1.82, 2.24) is 0 Å².